The molecule has 0 heterocycles. The number of nitrogens with two attached hydrogens (primary N) is 1. The molecule has 0 atom stereocenters. The Labute approximate surface area is 91.9 Å². The molecule has 3 N–H and O–H groups in total. The number of rotatable bonds is 6. The van der Waals surface area contributed by atoms with Gasteiger partial charge in [-0.3, -0.25) is 9.59 Å². The quantitative estimate of drug-likeness (QED) is 0.715. The minimum Gasteiger partial charge on any atom is -0.481 e. The van der Waals surface area contributed by atoms with Crippen molar-refractivity contribution in [1.82, 2.24) is 0 Å². The predicted molar refractivity (Wildman–Crippen MR) is 60.4 cm³/mol. The van der Waals surface area contributed by atoms with Crippen molar-refractivity contribution in [3.63, 3.8) is 0 Å². The molecule has 90 valence electrons. The first kappa shape index (κ1) is 16.4. The first-order valence-electron chi connectivity index (χ1n) is 5.50. The SMILES string of the molecule is CCC(N)=O.CCCC(CCC)C(=O)O. The van der Waals surface area contributed by atoms with E-state index in [0.717, 1.165) is 25.7 Å². The van der Waals surface area contributed by atoms with Gasteiger partial charge in [0, 0.05) is 6.42 Å². The zero-order valence-electron chi connectivity index (χ0n) is 9.95. The van der Waals surface area contributed by atoms with Crippen LogP contribution in [-0.4, -0.2) is 17.0 Å². The molecular weight excluding hydrogens is 194 g/mol. The molecule has 0 aliphatic heterocycles. The fraction of sp³-hybridized carbons (Fsp3) is 0.818. The van der Waals surface area contributed by atoms with E-state index < -0.39 is 5.97 Å². The van der Waals surface area contributed by atoms with Crippen LogP contribution >= 0.6 is 0 Å². The van der Waals surface area contributed by atoms with Gasteiger partial charge in [-0.2, -0.15) is 0 Å². The van der Waals surface area contributed by atoms with Crippen molar-refractivity contribution in [3.05, 3.63) is 0 Å². The molecule has 0 saturated carbocycles. The first-order chi connectivity index (χ1) is 6.99. The minimum atomic E-state index is -0.635. The average Bonchev–Trinajstić information content (AvgIpc) is 2.18. The summed E-state index contributed by atoms with van der Waals surface area (Å²) in [4.78, 5) is 20.1. The second-order valence-corrected chi connectivity index (χ2v) is 3.43. The molecule has 4 heteroatoms. The summed E-state index contributed by atoms with van der Waals surface area (Å²) >= 11 is 0. The van der Waals surface area contributed by atoms with Crippen LogP contribution in [0.25, 0.3) is 0 Å². The Balaban J connectivity index is 0. The van der Waals surface area contributed by atoms with E-state index in [2.05, 4.69) is 5.73 Å². The summed E-state index contributed by atoms with van der Waals surface area (Å²) in [6.45, 7) is 5.76. The summed E-state index contributed by atoms with van der Waals surface area (Å²) in [6.07, 6.45) is 4.03. The van der Waals surface area contributed by atoms with Crippen LogP contribution in [-0.2, 0) is 9.59 Å². The number of hydrogen-bond acceptors (Lipinski definition) is 2. The van der Waals surface area contributed by atoms with E-state index in [4.69, 9.17) is 5.11 Å². The molecule has 0 aliphatic rings. The monoisotopic (exact) mass is 217 g/mol. The summed E-state index contributed by atoms with van der Waals surface area (Å²) < 4.78 is 0. The number of primary amides is 1. The fourth-order valence-electron chi connectivity index (χ4n) is 1.09. The summed E-state index contributed by atoms with van der Waals surface area (Å²) in [5.41, 5.74) is 4.65. The van der Waals surface area contributed by atoms with Gasteiger partial charge < -0.3 is 10.8 Å². The first-order valence-corrected chi connectivity index (χ1v) is 5.50. The third-order valence-corrected chi connectivity index (χ3v) is 1.97. The molecule has 0 bridgehead atoms. The van der Waals surface area contributed by atoms with Gasteiger partial charge in [-0.05, 0) is 12.8 Å². The van der Waals surface area contributed by atoms with E-state index in [9.17, 15) is 9.59 Å². The summed E-state index contributed by atoms with van der Waals surface area (Å²) in [5.74, 6) is -0.983. The van der Waals surface area contributed by atoms with E-state index in [1.54, 1.807) is 6.92 Å². The Morgan fingerprint density at radius 3 is 1.60 bits per heavy atom. The van der Waals surface area contributed by atoms with E-state index >= 15 is 0 Å². The van der Waals surface area contributed by atoms with Crippen LogP contribution in [0.5, 0.6) is 0 Å². The lowest BCUT2D eigenvalue weighted by Crippen LogP contribution is -2.12. The van der Waals surface area contributed by atoms with Crippen molar-refractivity contribution in [3.8, 4) is 0 Å². The molecule has 1 amide bonds. The molecule has 0 rings (SSSR count). The second-order valence-electron chi connectivity index (χ2n) is 3.43. The molecule has 0 spiro atoms. The molecule has 0 aromatic carbocycles. The lowest BCUT2D eigenvalue weighted by atomic mass is 9.99. The Bertz CT molecular complexity index is 175. The van der Waals surface area contributed by atoms with E-state index in [0.29, 0.717) is 6.42 Å². The Morgan fingerprint density at radius 1 is 1.13 bits per heavy atom. The smallest absolute Gasteiger partial charge is 0.306 e. The van der Waals surface area contributed by atoms with Crippen LogP contribution in [0.15, 0.2) is 0 Å². The molecule has 0 aliphatic carbocycles. The zero-order chi connectivity index (χ0) is 12.3. The maximum absolute atomic E-state index is 10.5. The van der Waals surface area contributed by atoms with E-state index in [-0.39, 0.29) is 11.8 Å². The molecule has 0 unspecified atom stereocenters. The Morgan fingerprint density at radius 2 is 1.47 bits per heavy atom. The largest absolute Gasteiger partial charge is 0.481 e. The highest BCUT2D eigenvalue weighted by atomic mass is 16.4. The van der Waals surface area contributed by atoms with Gasteiger partial charge in [-0.1, -0.05) is 33.6 Å². The van der Waals surface area contributed by atoms with Gasteiger partial charge in [0.05, 0.1) is 5.92 Å². The lowest BCUT2D eigenvalue weighted by molar-refractivity contribution is -0.142. The highest BCUT2D eigenvalue weighted by molar-refractivity contribution is 5.73. The van der Waals surface area contributed by atoms with Crippen molar-refractivity contribution < 1.29 is 14.7 Å². The van der Waals surface area contributed by atoms with Crippen LogP contribution in [0.1, 0.15) is 52.9 Å². The van der Waals surface area contributed by atoms with Crippen molar-refractivity contribution in [2.45, 2.75) is 52.9 Å². The molecule has 0 aromatic rings. The maximum Gasteiger partial charge on any atom is 0.306 e. The van der Waals surface area contributed by atoms with Gasteiger partial charge in [-0.25, -0.2) is 0 Å². The molecule has 0 saturated heterocycles. The van der Waals surface area contributed by atoms with E-state index in [1.165, 1.54) is 0 Å². The highest BCUT2D eigenvalue weighted by Crippen LogP contribution is 2.12. The summed E-state index contributed by atoms with van der Waals surface area (Å²) in [6, 6.07) is 0. The van der Waals surface area contributed by atoms with Crippen molar-refractivity contribution in [1.29, 1.82) is 0 Å². The number of amides is 1. The molecule has 15 heavy (non-hydrogen) atoms. The Kier molecular flexibility index (Phi) is 12.0. The van der Waals surface area contributed by atoms with Crippen LogP contribution in [0.2, 0.25) is 0 Å². The normalized spacial score (nSPS) is 9.33. The van der Waals surface area contributed by atoms with Crippen molar-refractivity contribution in [2.24, 2.45) is 11.7 Å². The second kappa shape index (κ2) is 11.0. The minimum absolute atomic E-state index is 0.102. The predicted octanol–water partition coefficient (Wildman–Crippen LogP) is 2.17. The Hall–Kier alpha value is -1.06. The standard InChI is InChI=1S/C8H16O2.C3H7NO/c1-3-5-7(6-4-2)8(9)10;1-2-3(4)5/h7H,3-6H2,1-2H3,(H,9,10);2H2,1H3,(H2,4,5). The zero-order valence-corrected chi connectivity index (χ0v) is 9.95. The average molecular weight is 217 g/mol. The summed E-state index contributed by atoms with van der Waals surface area (Å²) in [7, 11) is 0. The molecule has 0 fully saturated rings. The summed E-state index contributed by atoms with van der Waals surface area (Å²) in [5, 5.41) is 8.64. The number of hydrogen-bond donors (Lipinski definition) is 2. The van der Waals surface area contributed by atoms with Crippen LogP contribution in [0.4, 0.5) is 0 Å². The maximum atomic E-state index is 10.5. The number of carboxylic acids is 1. The van der Waals surface area contributed by atoms with Gasteiger partial charge in [0.2, 0.25) is 5.91 Å². The van der Waals surface area contributed by atoms with Gasteiger partial charge in [0.1, 0.15) is 0 Å². The third-order valence-electron chi connectivity index (χ3n) is 1.97. The van der Waals surface area contributed by atoms with Gasteiger partial charge >= 0.3 is 5.97 Å². The van der Waals surface area contributed by atoms with Gasteiger partial charge in [0.15, 0.2) is 0 Å². The third kappa shape index (κ3) is 12.9. The molecule has 0 radical (unpaired) electrons. The fourth-order valence-corrected chi connectivity index (χ4v) is 1.09. The van der Waals surface area contributed by atoms with E-state index in [1.807, 2.05) is 13.8 Å². The molecular formula is C11H23NO3. The number of carboxylic acid groups (broad SMARTS) is 1. The van der Waals surface area contributed by atoms with Crippen molar-refractivity contribution in [2.75, 3.05) is 0 Å². The molecule has 4 nitrogen and oxygen atoms in total. The highest BCUT2D eigenvalue weighted by Gasteiger charge is 2.13. The van der Waals surface area contributed by atoms with Crippen molar-refractivity contribution >= 4 is 11.9 Å². The number of carbonyl (C=O) groups excluding carboxylic acids is 1. The number of aliphatic carboxylic acids is 1. The van der Waals surface area contributed by atoms with Gasteiger partial charge in [0.25, 0.3) is 0 Å². The van der Waals surface area contributed by atoms with Gasteiger partial charge in [-0.15, -0.1) is 0 Å². The molecule has 0 aromatic heterocycles. The van der Waals surface area contributed by atoms with Crippen LogP contribution in [0, 0.1) is 5.92 Å². The topological polar surface area (TPSA) is 80.4 Å². The lowest BCUT2D eigenvalue weighted by Gasteiger charge is -2.07. The number of carbonyl (C=O) groups is 2. The van der Waals surface area contributed by atoms with Crippen LogP contribution < -0.4 is 5.73 Å². The van der Waals surface area contributed by atoms with Crippen LogP contribution in [0.3, 0.4) is 0 Å².